The van der Waals surface area contributed by atoms with Crippen molar-refractivity contribution < 1.29 is 9.90 Å². The molecule has 3 N–H and O–H groups in total. The number of nitrogens with zero attached hydrogens (tertiary/aromatic N) is 2. The van der Waals surface area contributed by atoms with Crippen LogP contribution >= 0.6 is 0 Å². The highest BCUT2D eigenvalue weighted by molar-refractivity contribution is 5.78. The SMILES string of the molecule is CC(CC1CC(C(C)(C)O)N(C)C1)N1CC(C(N)=O)C1. The van der Waals surface area contributed by atoms with Gasteiger partial charge >= 0.3 is 0 Å². The van der Waals surface area contributed by atoms with Crippen LogP contribution in [0.3, 0.4) is 0 Å². The number of amides is 1. The van der Waals surface area contributed by atoms with Gasteiger partial charge in [0.25, 0.3) is 0 Å². The van der Waals surface area contributed by atoms with E-state index in [2.05, 4.69) is 23.8 Å². The summed E-state index contributed by atoms with van der Waals surface area (Å²) >= 11 is 0. The zero-order valence-corrected chi connectivity index (χ0v) is 13.2. The summed E-state index contributed by atoms with van der Waals surface area (Å²) in [6, 6.07) is 0.735. The van der Waals surface area contributed by atoms with Crippen molar-refractivity contribution in [2.45, 2.75) is 51.3 Å². The molecule has 0 aromatic rings. The monoisotopic (exact) mass is 283 g/mol. The number of primary amides is 1. The normalized spacial score (nSPS) is 31.2. The molecule has 2 rings (SSSR count). The van der Waals surface area contributed by atoms with E-state index in [1.165, 1.54) is 0 Å². The molecule has 5 nitrogen and oxygen atoms in total. The van der Waals surface area contributed by atoms with Crippen LogP contribution in [0, 0.1) is 11.8 Å². The second-order valence-electron chi connectivity index (χ2n) is 7.35. The first-order chi connectivity index (χ1) is 9.18. The molecule has 0 aromatic carbocycles. The van der Waals surface area contributed by atoms with Crippen LogP contribution in [0.15, 0.2) is 0 Å². The van der Waals surface area contributed by atoms with Crippen LogP contribution in [0.25, 0.3) is 0 Å². The van der Waals surface area contributed by atoms with Gasteiger partial charge < -0.3 is 15.7 Å². The molecular weight excluding hydrogens is 254 g/mol. The van der Waals surface area contributed by atoms with Crippen molar-refractivity contribution in [3.05, 3.63) is 0 Å². The van der Waals surface area contributed by atoms with Gasteiger partial charge in [-0.25, -0.2) is 0 Å². The van der Waals surface area contributed by atoms with Crippen LogP contribution in [0.5, 0.6) is 0 Å². The number of likely N-dealkylation sites (tertiary alicyclic amines) is 2. The van der Waals surface area contributed by atoms with Crippen molar-refractivity contribution in [1.82, 2.24) is 9.80 Å². The Hall–Kier alpha value is -0.650. The maximum atomic E-state index is 11.1. The molecule has 0 spiro atoms. The fraction of sp³-hybridized carbons (Fsp3) is 0.933. The highest BCUT2D eigenvalue weighted by Crippen LogP contribution is 2.33. The van der Waals surface area contributed by atoms with Crippen molar-refractivity contribution in [1.29, 1.82) is 0 Å². The van der Waals surface area contributed by atoms with E-state index in [4.69, 9.17) is 5.73 Å². The Morgan fingerprint density at radius 1 is 1.40 bits per heavy atom. The summed E-state index contributed by atoms with van der Waals surface area (Å²) in [5, 5.41) is 10.2. The smallest absolute Gasteiger partial charge is 0.223 e. The van der Waals surface area contributed by atoms with Gasteiger partial charge in [-0.1, -0.05) is 0 Å². The number of hydrogen-bond donors (Lipinski definition) is 2. The molecule has 0 bridgehead atoms. The van der Waals surface area contributed by atoms with E-state index >= 15 is 0 Å². The first-order valence-corrected chi connectivity index (χ1v) is 7.64. The molecule has 0 saturated carbocycles. The zero-order chi connectivity index (χ0) is 15.1. The van der Waals surface area contributed by atoms with Gasteiger partial charge in [-0.2, -0.15) is 0 Å². The minimum Gasteiger partial charge on any atom is -0.389 e. The molecule has 1 amide bonds. The molecular formula is C15H29N3O2. The summed E-state index contributed by atoms with van der Waals surface area (Å²) in [7, 11) is 2.10. The second-order valence-corrected chi connectivity index (χ2v) is 7.35. The predicted molar refractivity (Wildman–Crippen MR) is 79.2 cm³/mol. The van der Waals surface area contributed by atoms with Crippen LogP contribution in [-0.2, 0) is 4.79 Å². The summed E-state index contributed by atoms with van der Waals surface area (Å²) in [6.45, 7) is 8.70. The molecule has 0 aromatic heterocycles. The first kappa shape index (κ1) is 15.7. The standard InChI is InChI=1S/C15H29N3O2/c1-10(18-8-12(9-18)14(16)19)5-11-6-13(15(2,3)20)17(4)7-11/h10-13,20H,5-9H2,1-4H3,(H2,16,19). The highest BCUT2D eigenvalue weighted by atomic mass is 16.3. The minimum absolute atomic E-state index is 0.0489. The Labute approximate surface area is 122 Å². The first-order valence-electron chi connectivity index (χ1n) is 7.64. The summed E-state index contributed by atoms with van der Waals surface area (Å²) in [5.74, 6) is 0.503. The van der Waals surface area contributed by atoms with Gasteiger partial charge in [0.05, 0.1) is 11.5 Å². The third kappa shape index (κ3) is 3.32. The lowest BCUT2D eigenvalue weighted by atomic mass is 9.89. The van der Waals surface area contributed by atoms with Crippen molar-refractivity contribution in [2.24, 2.45) is 17.6 Å². The second kappa shape index (κ2) is 5.62. The number of nitrogens with two attached hydrogens (primary N) is 1. The lowest BCUT2D eigenvalue weighted by Gasteiger charge is -2.42. The summed E-state index contributed by atoms with van der Waals surface area (Å²) < 4.78 is 0. The van der Waals surface area contributed by atoms with E-state index < -0.39 is 5.60 Å². The van der Waals surface area contributed by atoms with Gasteiger partial charge in [-0.15, -0.1) is 0 Å². The molecule has 2 saturated heterocycles. The van der Waals surface area contributed by atoms with Crippen LogP contribution in [0.1, 0.15) is 33.6 Å². The van der Waals surface area contributed by atoms with Gasteiger partial charge in [0.15, 0.2) is 0 Å². The Morgan fingerprint density at radius 3 is 2.45 bits per heavy atom. The van der Waals surface area contributed by atoms with Crippen molar-refractivity contribution in [3.8, 4) is 0 Å². The topological polar surface area (TPSA) is 69.8 Å². The average Bonchev–Trinajstić information content (AvgIpc) is 2.55. The van der Waals surface area contributed by atoms with E-state index in [1.807, 2.05) is 13.8 Å². The van der Waals surface area contributed by atoms with Gasteiger partial charge in [-0.3, -0.25) is 9.69 Å². The molecule has 116 valence electrons. The van der Waals surface area contributed by atoms with Gasteiger partial charge in [0.2, 0.25) is 5.91 Å². The Balaban J connectivity index is 1.79. The number of carbonyl (C=O) groups excluding carboxylic acids is 1. The minimum atomic E-state index is -0.638. The zero-order valence-electron chi connectivity index (χ0n) is 13.2. The summed E-state index contributed by atoms with van der Waals surface area (Å²) in [6.07, 6.45) is 2.18. The lowest BCUT2D eigenvalue weighted by Crippen LogP contribution is -2.55. The lowest BCUT2D eigenvalue weighted by molar-refractivity contribution is -0.128. The molecule has 3 atom stereocenters. The number of rotatable bonds is 5. The molecule has 2 heterocycles. The maximum absolute atomic E-state index is 11.1. The third-order valence-corrected chi connectivity index (χ3v) is 5.06. The quantitative estimate of drug-likeness (QED) is 0.760. The Bertz CT molecular complexity index is 361. The third-order valence-electron chi connectivity index (χ3n) is 5.06. The van der Waals surface area contributed by atoms with Crippen LogP contribution in [-0.4, -0.2) is 65.2 Å². The average molecular weight is 283 g/mol. The van der Waals surface area contributed by atoms with E-state index in [0.29, 0.717) is 12.0 Å². The molecule has 2 aliphatic heterocycles. The fourth-order valence-corrected chi connectivity index (χ4v) is 3.79. The van der Waals surface area contributed by atoms with E-state index in [0.717, 1.165) is 32.5 Å². The van der Waals surface area contributed by atoms with E-state index in [9.17, 15) is 9.90 Å². The molecule has 5 heteroatoms. The molecule has 2 fully saturated rings. The van der Waals surface area contributed by atoms with Crippen molar-refractivity contribution in [2.75, 3.05) is 26.7 Å². The van der Waals surface area contributed by atoms with E-state index in [1.54, 1.807) is 0 Å². The summed E-state index contributed by atoms with van der Waals surface area (Å²) in [4.78, 5) is 15.7. The molecule has 0 radical (unpaired) electrons. The van der Waals surface area contributed by atoms with Gasteiger partial charge in [0.1, 0.15) is 0 Å². The predicted octanol–water partition coefficient (Wildman–Crippen LogP) is 0.273. The van der Waals surface area contributed by atoms with Crippen molar-refractivity contribution in [3.63, 3.8) is 0 Å². The van der Waals surface area contributed by atoms with Crippen molar-refractivity contribution >= 4 is 5.91 Å². The largest absolute Gasteiger partial charge is 0.389 e. The molecule has 0 aliphatic carbocycles. The van der Waals surface area contributed by atoms with Crippen LogP contribution in [0.4, 0.5) is 0 Å². The molecule has 2 aliphatic rings. The molecule has 3 unspecified atom stereocenters. The van der Waals surface area contributed by atoms with Crippen LogP contribution in [0.2, 0.25) is 0 Å². The maximum Gasteiger partial charge on any atom is 0.223 e. The van der Waals surface area contributed by atoms with Gasteiger partial charge in [-0.05, 0) is 46.6 Å². The van der Waals surface area contributed by atoms with Gasteiger partial charge in [0, 0.05) is 31.7 Å². The number of carbonyl (C=O) groups is 1. The van der Waals surface area contributed by atoms with Crippen LogP contribution < -0.4 is 5.73 Å². The Kier molecular flexibility index (Phi) is 4.42. The highest BCUT2D eigenvalue weighted by Gasteiger charge is 2.40. The van der Waals surface area contributed by atoms with E-state index in [-0.39, 0.29) is 17.9 Å². The molecule has 20 heavy (non-hydrogen) atoms. The number of hydrogen-bond acceptors (Lipinski definition) is 4. The Morgan fingerprint density at radius 2 is 2.00 bits per heavy atom. The summed E-state index contributed by atoms with van der Waals surface area (Å²) in [5.41, 5.74) is 4.67. The number of aliphatic hydroxyl groups is 1. The fourth-order valence-electron chi connectivity index (χ4n) is 3.79. The number of likely N-dealkylation sites (N-methyl/N-ethyl adjacent to an activating group) is 1.